The van der Waals surface area contributed by atoms with Crippen LogP contribution in [0, 0.1) is 0 Å². The van der Waals surface area contributed by atoms with Crippen LogP contribution >= 0.6 is 0 Å². The van der Waals surface area contributed by atoms with Crippen molar-refractivity contribution in [2.45, 2.75) is 0 Å². The Balaban J connectivity index is 2.66. The largest absolute Gasteiger partial charge is 0.494 e. The number of amides is 1. The highest BCUT2D eigenvalue weighted by Gasteiger charge is 2.10. The van der Waals surface area contributed by atoms with Crippen molar-refractivity contribution in [3.8, 4) is 11.4 Å². The molecule has 1 aromatic heterocycles. The maximum atomic E-state index is 11.8. The summed E-state index contributed by atoms with van der Waals surface area (Å²) in [7, 11) is 1.49. The van der Waals surface area contributed by atoms with Crippen LogP contribution in [0.25, 0.3) is 5.69 Å². The lowest BCUT2D eigenvalue weighted by atomic mass is 10.3. The van der Waals surface area contributed by atoms with Gasteiger partial charge in [-0.05, 0) is 18.2 Å². The summed E-state index contributed by atoms with van der Waals surface area (Å²) >= 11 is 0. The number of nitrogens with zero attached hydrogens (tertiary/aromatic N) is 2. The number of primary amides is 1. The molecule has 0 aliphatic heterocycles. The van der Waals surface area contributed by atoms with Crippen LogP contribution in [-0.2, 0) is 0 Å². The number of nitrogens with two attached hydrogens (primary N) is 1. The van der Waals surface area contributed by atoms with E-state index in [4.69, 9.17) is 10.5 Å². The van der Waals surface area contributed by atoms with Crippen molar-refractivity contribution < 1.29 is 9.53 Å². The van der Waals surface area contributed by atoms with E-state index in [0.717, 1.165) is 4.68 Å². The van der Waals surface area contributed by atoms with Gasteiger partial charge in [0, 0.05) is 6.07 Å². The average Bonchev–Trinajstić information content (AvgIpc) is 2.39. The highest BCUT2D eigenvalue weighted by molar-refractivity contribution is 5.90. The van der Waals surface area contributed by atoms with Crippen molar-refractivity contribution in [3.63, 3.8) is 0 Å². The van der Waals surface area contributed by atoms with Crippen LogP contribution in [0.3, 0.4) is 0 Å². The molecule has 1 heterocycles. The standard InChI is InChI=1S/C12H11N3O3/c1-18-10-5-3-2-4-9(10)15-11(16)7-6-8(14-15)12(13)17/h2-7H,1H3,(H2,13,17). The van der Waals surface area contributed by atoms with Gasteiger partial charge >= 0.3 is 0 Å². The molecule has 0 spiro atoms. The van der Waals surface area contributed by atoms with Gasteiger partial charge in [0.1, 0.15) is 17.1 Å². The van der Waals surface area contributed by atoms with Gasteiger partial charge in [-0.1, -0.05) is 12.1 Å². The second-order valence-electron chi connectivity index (χ2n) is 3.50. The van der Waals surface area contributed by atoms with Crippen molar-refractivity contribution in [3.05, 3.63) is 52.4 Å². The van der Waals surface area contributed by atoms with Crippen LogP contribution in [0.5, 0.6) is 5.75 Å². The number of carbonyl (C=O) groups is 1. The van der Waals surface area contributed by atoms with E-state index < -0.39 is 5.91 Å². The van der Waals surface area contributed by atoms with E-state index in [9.17, 15) is 9.59 Å². The van der Waals surface area contributed by atoms with Gasteiger partial charge in [0.05, 0.1) is 7.11 Å². The van der Waals surface area contributed by atoms with Crippen LogP contribution in [0.2, 0.25) is 0 Å². The molecule has 2 N–H and O–H groups in total. The molecule has 2 aromatic rings. The maximum Gasteiger partial charge on any atom is 0.271 e. The molecule has 0 saturated carbocycles. The Hall–Kier alpha value is -2.63. The average molecular weight is 245 g/mol. The molecule has 0 saturated heterocycles. The molecule has 0 unspecified atom stereocenters. The Morgan fingerprint density at radius 3 is 2.67 bits per heavy atom. The molecule has 0 aliphatic carbocycles. The molecular formula is C12H11N3O3. The summed E-state index contributed by atoms with van der Waals surface area (Å²) in [4.78, 5) is 22.8. The van der Waals surface area contributed by atoms with Crippen LogP contribution < -0.4 is 16.0 Å². The second-order valence-corrected chi connectivity index (χ2v) is 3.50. The Morgan fingerprint density at radius 2 is 2.00 bits per heavy atom. The Kier molecular flexibility index (Phi) is 3.09. The van der Waals surface area contributed by atoms with Crippen molar-refractivity contribution >= 4 is 5.91 Å². The minimum absolute atomic E-state index is 0.0144. The molecule has 0 atom stereocenters. The van der Waals surface area contributed by atoms with Gasteiger partial charge in [-0.3, -0.25) is 9.59 Å². The molecule has 6 nitrogen and oxygen atoms in total. The number of hydrogen-bond acceptors (Lipinski definition) is 4. The molecular weight excluding hydrogens is 234 g/mol. The van der Waals surface area contributed by atoms with Gasteiger partial charge in [-0.2, -0.15) is 9.78 Å². The van der Waals surface area contributed by atoms with E-state index in [1.54, 1.807) is 24.3 Å². The lowest BCUT2D eigenvalue weighted by molar-refractivity contribution is 0.0994. The van der Waals surface area contributed by atoms with Crippen LogP contribution in [0.4, 0.5) is 0 Å². The van der Waals surface area contributed by atoms with E-state index in [1.165, 1.54) is 19.2 Å². The molecule has 6 heteroatoms. The zero-order valence-corrected chi connectivity index (χ0v) is 9.66. The van der Waals surface area contributed by atoms with E-state index in [-0.39, 0.29) is 11.3 Å². The fraction of sp³-hybridized carbons (Fsp3) is 0.0833. The molecule has 0 aliphatic rings. The summed E-state index contributed by atoms with van der Waals surface area (Å²) in [5.74, 6) is -0.215. The predicted octanol–water partition coefficient (Wildman–Crippen LogP) is 0.340. The van der Waals surface area contributed by atoms with Crippen LogP contribution in [-0.4, -0.2) is 22.8 Å². The summed E-state index contributed by atoms with van der Waals surface area (Å²) in [5.41, 5.74) is 5.23. The first kappa shape index (κ1) is 11.8. The number of benzene rings is 1. The summed E-state index contributed by atoms with van der Waals surface area (Å²) in [6, 6.07) is 9.39. The van der Waals surface area contributed by atoms with E-state index >= 15 is 0 Å². The van der Waals surface area contributed by atoms with Gasteiger partial charge in [0.2, 0.25) is 0 Å². The van der Waals surface area contributed by atoms with Crippen molar-refractivity contribution in [1.82, 2.24) is 9.78 Å². The van der Waals surface area contributed by atoms with Crippen LogP contribution in [0.1, 0.15) is 10.5 Å². The van der Waals surface area contributed by atoms with Crippen LogP contribution in [0.15, 0.2) is 41.2 Å². The number of para-hydroxylation sites is 2. The number of aromatic nitrogens is 2. The van der Waals surface area contributed by atoms with Gasteiger partial charge in [-0.25, -0.2) is 0 Å². The maximum absolute atomic E-state index is 11.8. The molecule has 0 radical (unpaired) electrons. The van der Waals surface area contributed by atoms with E-state index in [2.05, 4.69) is 5.10 Å². The number of hydrogen-bond donors (Lipinski definition) is 1. The third kappa shape index (κ3) is 2.08. The first-order chi connectivity index (χ1) is 8.63. The van der Waals surface area contributed by atoms with E-state index in [0.29, 0.717) is 11.4 Å². The Morgan fingerprint density at radius 1 is 1.28 bits per heavy atom. The van der Waals surface area contributed by atoms with Gasteiger partial charge < -0.3 is 10.5 Å². The summed E-state index contributed by atoms with van der Waals surface area (Å²) in [6.07, 6.45) is 0. The quantitative estimate of drug-likeness (QED) is 0.844. The lowest BCUT2D eigenvalue weighted by Crippen LogP contribution is -2.25. The van der Waals surface area contributed by atoms with Gasteiger partial charge in [0.25, 0.3) is 11.5 Å². The van der Waals surface area contributed by atoms with Gasteiger partial charge in [0.15, 0.2) is 0 Å². The minimum atomic E-state index is -0.696. The zero-order chi connectivity index (χ0) is 13.1. The fourth-order valence-corrected chi connectivity index (χ4v) is 1.52. The topological polar surface area (TPSA) is 87.2 Å². The third-order valence-electron chi connectivity index (χ3n) is 2.37. The van der Waals surface area contributed by atoms with Crippen molar-refractivity contribution in [1.29, 1.82) is 0 Å². The lowest BCUT2D eigenvalue weighted by Gasteiger charge is -2.09. The Labute approximate surface area is 103 Å². The van der Waals surface area contributed by atoms with E-state index in [1.807, 2.05) is 0 Å². The summed E-state index contributed by atoms with van der Waals surface area (Å²) < 4.78 is 6.22. The predicted molar refractivity (Wildman–Crippen MR) is 64.9 cm³/mol. The van der Waals surface area contributed by atoms with Gasteiger partial charge in [-0.15, -0.1) is 0 Å². The first-order valence-corrected chi connectivity index (χ1v) is 5.17. The molecule has 0 bridgehead atoms. The van der Waals surface area contributed by atoms with Crippen molar-refractivity contribution in [2.24, 2.45) is 5.73 Å². The molecule has 1 aromatic carbocycles. The highest BCUT2D eigenvalue weighted by Crippen LogP contribution is 2.19. The Bertz CT molecular complexity index is 649. The van der Waals surface area contributed by atoms with Crippen molar-refractivity contribution in [2.75, 3.05) is 7.11 Å². The highest BCUT2D eigenvalue weighted by atomic mass is 16.5. The number of carbonyl (C=O) groups excluding carboxylic acids is 1. The molecule has 0 fully saturated rings. The normalized spacial score (nSPS) is 10.1. The SMILES string of the molecule is COc1ccccc1-n1nc(C(N)=O)ccc1=O. The molecule has 1 amide bonds. The number of methoxy groups -OCH3 is 1. The fourth-order valence-electron chi connectivity index (χ4n) is 1.52. The second kappa shape index (κ2) is 4.70. The first-order valence-electron chi connectivity index (χ1n) is 5.17. The number of rotatable bonds is 3. The minimum Gasteiger partial charge on any atom is -0.494 e. The smallest absolute Gasteiger partial charge is 0.271 e. The zero-order valence-electron chi connectivity index (χ0n) is 9.66. The third-order valence-corrected chi connectivity index (χ3v) is 2.37. The molecule has 92 valence electrons. The molecule has 2 rings (SSSR count). The summed E-state index contributed by atoms with van der Waals surface area (Å²) in [6.45, 7) is 0. The molecule has 18 heavy (non-hydrogen) atoms. The number of ether oxygens (including phenoxy) is 1. The monoisotopic (exact) mass is 245 g/mol. The summed E-state index contributed by atoms with van der Waals surface area (Å²) in [5, 5.41) is 3.90.